The molecule has 0 aliphatic heterocycles. The summed E-state index contributed by atoms with van der Waals surface area (Å²) >= 11 is 0. The van der Waals surface area contributed by atoms with Crippen LogP contribution in [0.4, 0.5) is 5.69 Å². The molecule has 2 heterocycles. The van der Waals surface area contributed by atoms with Crippen molar-refractivity contribution in [2.45, 2.75) is 6.42 Å². The number of benzene rings is 2. The Labute approximate surface area is 144 Å². The quantitative estimate of drug-likeness (QED) is 0.596. The van der Waals surface area contributed by atoms with Crippen molar-refractivity contribution in [2.75, 3.05) is 12.4 Å². The third kappa shape index (κ3) is 2.80. The summed E-state index contributed by atoms with van der Waals surface area (Å²) in [5.74, 6) is 0.685. The maximum absolute atomic E-state index is 12.5. The van der Waals surface area contributed by atoms with Crippen LogP contribution in [0.1, 0.15) is 5.56 Å². The van der Waals surface area contributed by atoms with Crippen molar-refractivity contribution in [2.24, 2.45) is 0 Å². The summed E-state index contributed by atoms with van der Waals surface area (Å²) in [7, 11) is 1.63. The molecule has 5 nitrogen and oxygen atoms in total. The van der Waals surface area contributed by atoms with Crippen molar-refractivity contribution in [1.82, 2.24) is 9.97 Å². The molecule has 2 N–H and O–H groups in total. The molecule has 0 saturated carbocycles. The van der Waals surface area contributed by atoms with Crippen molar-refractivity contribution in [3.05, 3.63) is 66.5 Å². The smallest absolute Gasteiger partial charge is 0.228 e. The minimum absolute atomic E-state index is 0.0816. The Kier molecular flexibility index (Phi) is 3.82. The molecule has 0 aliphatic rings. The molecule has 4 rings (SSSR count). The second-order valence-corrected chi connectivity index (χ2v) is 5.80. The van der Waals surface area contributed by atoms with E-state index in [1.54, 1.807) is 13.3 Å². The number of carbonyl (C=O) groups excluding carboxylic acids is 1. The number of para-hydroxylation sites is 2. The van der Waals surface area contributed by atoms with Crippen LogP contribution in [0.3, 0.4) is 0 Å². The number of hydrogen-bond donors (Lipinski definition) is 2. The van der Waals surface area contributed by atoms with Gasteiger partial charge in [0.15, 0.2) is 0 Å². The Morgan fingerprint density at radius 1 is 1.16 bits per heavy atom. The highest BCUT2D eigenvalue weighted by Gasteiger charge is 2.12. The Morgan fingerprint density at radius 3 is 2.88 bits per heavy atom. The first kappa shape index (κ1) is 15.2. The lowest BCUT2D eigenvalue weighted by Gasteiger charge is -2.08. The van der Waals surface area contributed by atoms with Gasteiger partial charge in [-0.05, 0) is 23.8 Å². The molecule has 124 valence electrons. The third-order valence-electron chi connectivity index (χ3n) is 4.24. The zero-order valence-electron chi connectivity index (χ0n) is 13.7. The van der Waals surface area contributed by atoms with Crippen LogP contribution in [0.25, 0.3) is 21.8 Å². The van der Waals surface area contributed by atoms with Crippen molar-refractivity contribution < 1.29 is 9.53 Å². The molecule has 2 aromatic heterocycles. The third-order valence-corrected chi connectivity index (χ3v) is 4.24. The highest BCUT2D eigenvalue weighted by molar-refractivity contribution is 6.02. The van der Waals surface area contributed by atoms with Crippen molar-refractivity contribution in [1.29, 1.82) is 0 Å². The molecule has 0 unspecified atom stereocenters. The lowest BCUT2D eigenvalue weighted by Crippen LogP contribution is -2.14. The number of anilines is 1. The van der Waals surface area contributed by atoms with Gasteiger partial charge < -0.3 is 15.0 Å². The fraction of sp³-hybridized carbons (Fsp3) is 0.100. The first-order valence-corrected chi connectivity index (χ1v) is 8.03. The molecule has 2 aromatic carbocycles. The molecule has 25 heavy (non-hydrogen) atoms. The summed E-state index contributed by atoms with van der Waals surface area (Å²) in [6.07, 6.45) is 3.86. The summed E-state index contributed by atoms with van der Waals surface area (Å²) in [5.41, 5.74) is 3.35. The van der Waals surface area contributed by atoms with Gasteiger partial charge in [-0.15, -0.1) is 0 Å². The Bertz CT molecular complexity index is 1060. The Balaban J connectivity index is 1.60. The van der Waals surface area contributed by atoms with Crippen LogP contribution in [0, 0.1) is 0 Å². The summed E-state index contributed by atoms with van der Waals surface area (Å²) in [5, 5.41) is 4.96. The van der Waals surface area contributed by atoms with E-state index in [0.717, 1.165) is 38.8 Å². The number of ether oxygens (including phenoxy) is 1. The molecule has 0 spiro atoms. The van der Waals surface area contributed by atoms with Gasteiger partial charge in [-0.1, -0.05) is 30.3 Å². The molecule has 0 saturated heterocycles. The topological polar surface area (TPSA) is 67.0 Å². The van der Waals surface area contributed by atoms with Crippen LogP contribution in [-0.2, 0) is 11.2 Å². The highest BCUT2D eigenvalue weighted by Crippen LogP contribution is 2.27. The monoisotopic (exact) mass is 331 g/mol. The molecule has 4 aromatic rings. The van der Waals surface area contributed by atoms with Gasteiger partial charge in [0.05, 0.1) is 30.3 Å². The maximum Gasteiger partial charge on any atom is 0.228 e. The van der Waals surface area contributed by atoms with Crippen LogP contribution in [0.2, 0.25) is 0 Å². The van der Waals surface area contributed by atoms with Gasteiger partial charge in [-0.2, -0.15) is 0 Å². The number of aromatic nitrogens is 2. The molecule has 0 bridgehead atoms. The van der Waals surface area contributed by atoms with Crippen LogP contribution in [0.15, 0.2) is 60.9 Å². The highest BCUT2D eigenvalue weighted by atomic mass is 16.5. The number of amides is 1. The number of H-pyrrole nitrogens is 1. The number of aromatic amines is 1. The SMILES string of the molecule is COc1cccc2c(CC(=O)Nc3cccc4cccnc34)c[nH]c12. The van der Waals surface area contributed by atoms with E-state index in [1.165, 1.54) is 0 Å². The van der Waals surface area contributed by atoms with Crippen molar-refractivity contribution >= 4 is 33.4 Å². The predicted molar refractivity (Wildman–Crippen MR) is 98.9 cm³/mol. The maximum atomic E-state index is 12.5. The van der Waals surface area contributed by atoms with Gasteiger partial charge in [0.2, 0.25) is 5.91 Å². The largest absolute Gasteiger partial charge is 0.495 e. The number of fused-ring (bicyclic) bond motifs is 2. The molecule has 0 aliphatic carbocycles. The van der Waals surface area contributed by atoms with E-state index < -0.39 is 0 Å². The Morgan fingerprint density at radius 2 is 2.00 bits per heavy atom. The number of methoxy groups -OCH3 is 1. The predicted octanol–water partition coefficient (Wildman–Crippen LogP) is 3.91. The molecule has 5 heteroatoms. The first-order valence-electron chi connectivity index (χ1n) is 8.03. The number of nitrogens with zero attached hydrogens (tertiary/aromatic N) is 1. The van der Waals surface area contributed by atoms with E-state index in [4.69, 9.17) is 4.74 Å². The van der Waals surface area contributed by atoms with Gasteiger partial charge in [-0.25, -0.2) is 0 Å². The fourth-order valence-corrected chi connectivity index (χ4v) is 3.07. The summed E-state index contributed by atoms with van der Waals surface area (Å²) in [6, 6.07) is 15.4. The van der Waals surface area contributed by atoms with Crippen LogP contribution in [-0.4, -0.2) is 23.0 Å². The fourth-order valence-electron chi connectivity index (χ4n) is 3.07. The molecular formula is C20H17N3O2. The molecule has 0 radical (unpaired) electrons. The molecule has 0 atom stereocenters. The van der Waals surface area contributed by atoms with Gasteiger partial charge in [0.1, 0.15) is 5.75 Å². The minimum Gasteiger partial charge on any atom is -0.495 e. The van der Waals surface area contributed by atoms with E-state index >= 15 is 0 Å². The minimum atomic E-state index is -0.0816. The number of nitrogens with one attached hydrogen (secondary N) is 2. The van der Waals surface area contributed by atoms with E-state index in [-0.39, 0.29) is 12.3 Å². The lowest BCUT2D eigenvalue weighted by atomic mass is 10.1. The molecule has 1 amide bonds. The summed E-state index contributed by atoms with van der Waals surface area (Å²) in [4.78, 5) is 20.1. The van der Waals surface area contributed by atoms with E-state index in [9.17, 15) is 4.79 Å². The van der Waals surface area contributed by atoms with Crippen molar-refractivity contribution in [3.8, 4) is 5.75 Å². The molecular weight excluding hydrogens is 314 g/mol. The van der Waals surface area contributed by atoms with E-state index in [2.05, 4.69) is 15.3 Å². The zero-order chi connectivity index (χ0) is 17.2. The average molecular weight is 331 g/mol. The van der Waals surface area contributed by atoms with Gasteiger partial charge >= 0.3 is 0 Å². The second-order valence-electron chi connectivity index (χ2n) is 5.80. The number of pyridine rings is 1. The Hall–Kier alpha value is -3.34. The number of rotatable bonds is 4. The summed E-state index contributed by atoms with van der Waals surface area (Å²) < 4.78 is 5.35. The second kappa shape index (κ2) is 6.28. The van der Waals surface area contributed by atoms with Crippen LogP contribution in [0.5, 0.6) is 5.75 Å². The zero-order valence-corrected chi connectivity index (χ0v) is 13.7. The first-order chi connectivity index (χ1) is 12.3. The van der Waals surface area contributed by atoms with Gasteiger partial charge in [0.25, 0.3) is 0 Å². The van der Waals surface area contributed by atoms with Crippen LogP contribution >= 0.6 is 0 Å². The van der Waals surface area contributed by atoms with E-state index in [1.807, 2.05) is 54.7 Å². The number of carbonyl (C=O) groups is 1. The normalized spacial score (nSPS) is 10.9. The summed E-state index contributed by atoms with van der Waals surface area (Å²) in [6.45, 7) is 0. The average Bonchev–Trinajstić information content (AvgIpc) is 3.05. The van der Waals surface area contributed by atoms with Crippen molar-refractivity contribution in [3.63, 3.8) is 0 Å². The molecule has 0 fully saturated rings. The van der Waals surface area contributed by atoms with Gasteiger partial charge in [-0.3, -0.25) is 9.78 Å². The number of hydrogen-bond acceptors (Lipinski definition) is 3. The van der Waals surface area contributed by atoms with Crippen LogP contribution < -0.4 is 10.1 Å². The van der Waals surface area contributed by atoms with E-state index in [0.29, 0.717) is 0 Å². The standard InChI is InChI=1S/C20H17N3O2/c1-25-17-9-3-7-15-14(12-22-20(15)17)11-18(24)23-16-8-2-5-13-6-4-10-21-19(13)16/h2-10,12,22H,11H2,1H3,(H,23,24). The lowest BCUT2D eigenvalue weighted by molar-refractivity contribution is -0.115. The van der Waals surface area contributed by atoms with Gasteiger partial charge in [0, 0.05) is 23.2 Å².